The van der Waals surface area contributed by atoms with Gasteiger partial charge >= 0.3 is 17.6 Å². The van der Waals surface area contributed by atoms with Gasteiger partial charge < -0.3 is 19.9 Å². The highest BCUT2D eigenvalue weighted by Crippen LogP contribution is 2.38. The third kappa shape index (κ3) is 10.7. The zero-order valence-electron chi connectivity index (χ0n) is 29.5. The molecule has 0 heterocycles. The monoisotopic (exact) mass is 680 g/mol. The Kier molecular flexibility index (Phi) is 14.0. The molecule has 0 spiro atoms. The maximum Gasteiger partial charge on any atom is 0.343 e. The van der Waals surface area contributed by atoms with Crippen LogP contribution in [0, 0.1) is 10.1 Å². The van der Waals surface area contributed by atoms with Crippen LogP contribution < -0.4 is 15.2 Å². The second kappa shape index (κ2) is 18.5. The van der Waals surface area contributed by atoms with Gasteiger partial charge in [0.1, 0.15) is 5.75 Å². The minimum absolute atomic E-state index is 0.124. The van der Waals surface area contributed by atoms with Crippen molar-refractivity contribution in [2.45, 2.75) is 97.7 Å². The third-order valence-electron chi connectivity index (χ3n) is 8.59. The summed E-state index contributed by atoms with van der Waals surface area (Å²) in [5.41, 5.74) is 10.2. The zero-order chi connectivity index (χ0) is 36.0. The van der Waals surface area contributed by atoms with E-state index in [0.29, 0.717) is 33.7 Å². The van der Waals surface area contributed by atoms with Gasteiger partial charge in [-0.25, -0.2) is 9.59 Å². The second-order valence-electron chi connectivity index (χ2n) is 12.7. The summed E-state index contributed by atoms with van der Waals surface area (Å²) in [7, 11) is 0. The lowest BCUT2D eigenvalue weighted by Crippen LogP contribution is -2.15. The maximum atomic E-state index is 12.9. The minimum Gasteiger partial charge on any atom is -0.484 e. The molecule has 2 N–H and O–H groups in total. The van der Waals surface area contributed by atoms with E-state index in [1.54, 1.807) is 48.5 Å². The fourth-order valence-corrected chi connectivity index (χ4v) is 5.66. The molecule has 4 aromatic rings. The average Bonchev–Trinajstić information content (AvgIpc) is 3.10. The number of carbonyl (C=O) groups excluding carboxylic acids is 2. The van der Waals surface area contributed by atoms with Crippen molar-refractivity contribution in [3.63, 3.8) is 0 Å². The zero-order valence-corrected chi connectivity index (χ0v) is 29.5. The summed E-state index contributed by atoms with van der Waals surface area (Å²) in [6, 6.07) is 23.8. The van der Waals surface area contributed by atoms with Crippen molar-refractivity contribution < 1.29 is 28.7 Å². The predicted octanol–water partition coefficient (Wildman–Crippen LogP) is 10.6. The van der Waals surface area contributed by atoms with Gasteiger partial charge in [-0.05, 0) is 92.6 Å². The van der Waals surface area contributed by atoms with E-state index in [9.17, 15) is 19.7 Å². The molecule has 0 fully saturated rings. The molecule has 9 heteroatoms. The smallest absolute Gasteiger partial charge is 0.343 e. The Morgan fingerprint density at radius 3 is 1.82 bits per heavy atom. The molecular weight excluding hydrogens is 632 g/mol. The predicted molar refractivity (Wildman–Crippen MR) is 198 cm³/mol. The Morgan fingerprint density at radius 1 is 0.700 bits per heavy atom. The number of nitrogens with zero attached hydrogens (tertiary/aromatic N) is 1. The van der Waals surface area contributed by atoms with Gasteiger partial charge in [-0.15, -0.1) is 0 Å². The van der Waals surface area contributed by atoms with Crippen molar-refractivity contribution in [3.05, 3.63) is 106 Å². The third-order valence-corrected chi connectivity index (χ3v) is 8.59. The van der Waals surface area contributed by atoms with Gasteiger partial charge in [0.25, 0.3) is 0 Å². The number of esters is 2. The van der Waals surface area contributed by atoms with Crippen molar-refractivity contribution >= 4 is 23.3 Å². The first-order chi connectivity index (χ1) is 24.1. The summed E-state index contributed by atoms with van der Waals surface area (Å²) in [6.07, 6.45) is 9.03. The number of nitro benzene ring substituents is 1. The molecular formula is C41H48N2O7. The number of ether oxygens (including phenoxy) is 3. The van der Waals surface area contributed by atoms with Crippen LogP contribution in [0.15, 0.2) is 84.9 Å². The van der Waals surface area contributed by atoms with Gasteiger partial charge in [0.05, 0.1) is 28.3 Å². The molecule has 264 valence electrons. The average molecular weight is 681 g/mol. The summed E-state index contributed by atoms with van der Waals surface area (Å²) >= 11 is 0. The molecule has 0 radical (unpaired) electrons. The number of nitrogens with two attached hydrogens (primary N) is 1. The molecule has 0 amide bonds. The van der Waals surface area contributed by atoms with E-state index in [-0.39, 0.29) is 29.6 Å². The molecule has 0 bridgehead atoms. The molecule has 0 aromatic heterocycles. The number of anilines is 1. The number of benzene rings is 4. The van der Waals surface area contributed by atoms with Crippen LogP contribution in [0.2, 0.25) is 0 Å². The lowest BCUT2D eigenvalue weighted by atomic mass is 10.0. The highest BCUT2D eigenvalue weighted by molar-refractivity contribution is 5.92. The van der Waals surface area contributed by atoms with Crippen LogP contribution in [0.25, 0.3) is 22.3 Å². The number of hydrogen-bond acceptors (Lipinski definition) is 8. The number of rotatable bonds is 18. The molecule has 0 aliphatic rings. The molecule has 9 nitrogen and oxygen atoms in total. The number of carbonyl (C=O) groups is 2. The van der Waals surface area contributed by atoms with Gasteiger partial charge in [0, 0.05) is 23.4 Å². The fourth-order valence-electron chi connectivity index (χ4n) is 5.66. The minimum atomic E-state index is -0.550. The van der Waals surface area contributed by atoms with Gasteiger partial charge in [0.2, 0.25) is 0 Å². The van der Waals surface area contributed by atoms with Crippen molar-refractivity contribution in [1.82, 2.24) is 0 Å². The van der Waals surface area contributed by atoms with Crippen LogP contribution in [0.5, 0.6) is 11.5 Å². The van der Waals surface area contributed by atoms with Crippen LogP contribution in [0.1, 0.15) is 106 Å². The topological polar surface area (TPSA) is 131 Å². The summed E-state index contributed by atoms with van der Waals surface area (Å²) in [6.45, 7) is 8.11. The van der Waals surface area contributed by atoms with E-state index in [2.05, 4.69) is 13.8 Å². The lowest BCUT2D eigenvalue weighted by molar-refractivity contribution is -0.386. The number of unbranched alkanes of at least 4 members (excludes halogenated alkanes) is 5. The molecule has 0 unspecified atom stereocenters. The van der Waals surface area contributed by atoms with Gasteiger partial charge in [0.15, 0.2) is 5.75 Å². The second-order valence-corrected chi connectivity index (χ2v) is 12.7. The van der Waals surface area contributed by atoms with Crippen LogP contribution in [0.3, 0.4) is 0 Å². The number of nitro groups is 1. The summed E-state index contributed by atoms with van der Waals surface area (Å²) in [5, 5.41) is 11.9. The highest BCUT2D eigenvalue weighted by atomic mass is 16.6. The molecule has 4 rings (SSSR count). The molecule has 0 aliphatic heterocycles. The van der Waals surface area contributed by atoms with E-state index >= 15 is 0 Å². The Morgan fingerprint density at radius 2 is 1.22 bits per heavy atom. The molecule has 50 heavy (non-hydrogen) atoms. The summed E-state index contributed by atoms with van der Waals surface area (Å²) in [4.78, 5) is 36.9. The summed E-state index contributed by atoms with van der Waals surface area (Å²) in [5.74, 6) is -0.367. The van der Waals surface area contributed by atoms with Gasteiger partial charge in [-0.2, -0.15) is 0 Å². The molecule has 4 aromatic carbocycles. The Balaban J connectivity index is 1.36. The van der Waals surface area contributed by atoms with Crippen LogP contribution in [0.4, 0.5) is 11.4 Å². The summed E-state index contributed by atoms with van der Waals surface area (Å²) < 4.78 is 17.1. The Hall–Kier alpha value is -5.18. The van der Waals surface area contributed by atoms with Crippen molar-refractivity contribution in [2.24, 2.45) is 0 Å². The molecule has 0 saturated heterocycles. The van der Waals surface area contributed by atoms with Crippen molar-refractivity contribution in [1.29, 1.82) is 0 Å². The fraction of sp³-hybridized carbons (Fsp3) is 0.366. The first-order valence-electron chi connectivity index (χ1n) is 17.6. The Bertz CT molecular complexity index is 1720. The first-order valence-corrected chi connectivity index (χ1v) is 17.6. The largest absolute Gasteiger partial charge is 0.484 e. The first kappa shape index (κ1) is 37.6. The van der Waals surface area contributed by atoms with E-state index in [0.717, 1.165) is 56.1 Å². The van der Waals surface area contributed by atoms with E-state index in [4.69, 9.17) is 19.9 Å². The molecule has 0 saturated carbocycles. The number of hydrogen-bond donors (Lipinski definition) is 1. The molecule has 2 atom stereocenters. The standard InChI is InChI=1S/C41H48N2O7/c1-5-7-9-11-13-29(4)49-40(44)33-18-14-30(15-19-33)31-22-24-35(25-23-31)50-41(45)34-20-16-32(17-21-34)36-26-38(43(46)47)39(27-37(36)42)48-28(3)12-10-8-6-2/h14-29H,5-13,42H2,1-4H3/t28-,29-/m1/s1. The van der Waals surface area contributed by atoms with Gasteiger partial charge in [-0.3, -0.25) is 10.1 Å². The number of nitrogen functional groups attached to an aromatic ring is 1. The quantitative estimate of drug-likeness (QED) is 0.0274. The van der Waals surface area contributed by atoms with Crippen LogP contribution in [-0.2, 0) is 4.74 Å². The van der Waals surface area contributed by atoms with Gasteiger partial charge in [-0.1, -0.05) is 82.3 Å². The lowest BCUT2D eigenvalue weighted by Gasteiger charge is -2.16. The maximum absolute atomic E-state index is 12.9. The van der Waals surface area contributed by atoms with Crippen LogP contribution in [-0.4, -0.2) is 29.1 Å². The van der Waals surface area contributed by atoms with E-state index < -0.39 is 10.9 Å². The highest BCUT2D eigenvalue weighted by Gasteiger charge is 2.22. The van der Waals surface area contributed by atoms with Crippen molar-refractivity contribution in [3.8, 4) is 33.8 Å². The van der Waals surface area contributed by atoms with Crippen molar-refractivity contribution in [2.75, 3.05) is 5.73 Å². The SMILES string of the molecule is CCCCCC[C@@H](C)OC(=O)c1ccc(-c2ccc(OC(=O)c3ccc(-c4cc([N+](=O)[O-])c(O[C@H](C)CCCCC)cc4N)cc3)cc2)cc1. The van der Waals surface area contributed by atoms with Crippen LogP contribution >= 0.6 is 0 Å². The van der Waals surface area contributed by atoms with E-state index in [1.165, 1.54) is 25.0 Å². The normalized spacial score (nSPS) is 12.2. The Labute approximate surface area is 294 Å². The van der Waals surface area contributed by atoms with E-state index in [1.807, 2.05) is 38.1 Å². The molecule has 0 aliphatic carbocycles.